The minimum Gasteiger partial charge on any atom is -0.352 e. The molecule has 0 radical (unpaired) electrons. The lowest BCUT2D eigenvalue weighted by atomic mass is 10.2. The maximum Gasteiger partial charge on any atom is 0.274 e. The van der Waals surface area contributed by atoms with Gasteiger partial charge in [-0.2, -0.15) is 0 Å². The van der Waals surface area contributed by atoms with Gasteiger partial charge in [0.1, 0.15) is 5.69 Å². The highest BCUT2D eigenvalue weighted by atomic mass is 35.5. The normalized spacial score (nSPS) is 11.8. The molecule has 2 rings (SSSR count). The van der Waals surface area contributed by atoms with E-state index in [1.807, 2.05) is 13.8 Å². The first-order chi connectivity index (χ1) is 10.5. The molecule has 0 saturated carbocycles. The SMILES string of the molecule is CCC(C)Nc1nccc(C(=O)Nc2ccc(Cl)cc2C)n1. The highest BCUT2D eigenvalue weighted by Crippen LogP contribution is 2.20. The number of carbonyl (C=O) groups excluding carboxylic acids is 1. The maximum absolute atomic E-state index is 12.3. The zero-order valence-electron chi connectivity index (χ0n) is 12.9. The largest absolute Gasteiger partial charge is 0.352 e. The molecule has 0 aliphatic heterocycles. The summed E-state index contributed by atoms with van der Waals surface area (Å²) in [5.74, 6) is 0.176. The quantitative estimate of drug-likeness (QED) is 0.877. The van der Waals surface area contributed by atoms with Gasteiger partial charge in [-0.3, -0.25) is 4.79 Å². The fraction of sp³-hybridized carbons (Fsp3) is 0.312. The van der Waals surface area contributed by atoms with Gasteiger partial charge in [0.15, 0.2) is 0 Å². The highest BCUT2D eigenvalue weighted by Gasteiger charge is 2.11. The minimum atomic E-state index is -0.278. The summed E-state index contributed by atoms with van der Waals surface area (Å²) in [5, 5.41) is 6.62. The van der Waals surface area contributed by atoms with Crippen molar-refractivity contribution in [3.05, 3.63) is 46.7 Å². The molecule has 1 unspecified atom stereocenters. The zero-order valence-corrected chi connectivity index (χ0v) is 13.6. The third kappa shape index (κ3) is 4.18. The molecular formula is C16H19ClN4O. The number of benzene rings is 1. The third-order valence-electron chi connectivity index (χ3n) is 3.31. The van der Waals surface area contributed by atoms with Gasteiger partial charge in [0, 0.05) is 22.9 Å². The standard InChI is InChI=1S/C16H19ClN4O/c1-4-11(3)19-16-18-8-7-14(21-16)15(22)20-13-6-5-12(17)9-10(13)2/h5-9,11H,4H2,1-3H3,(H,20,22)(H,18,19,21). The molecule has 0 saturated heterocycles. The number of nitrogens with one attached hydrogen (secondary N) is 2. The van der Waals surface area contributed by atoms with Crippen molar-refractivity contribution < 1.29 is 4.79 Å². The van der Waals surface area contributed by atoms with Crippen LogP contribution in [0.5, 0.6) is 0 Å². The first kappa shape index (κ1) is 16.2. The Morgan fingerprint density at radius 1 is 1.36 bits per heavy atom. The fourth-order valence-corrected chi connectivity index (χ4v) is 2.06. The number of halogens is 1. The van der Waals surface area contributed by atoms with E-state index in [0.717, 1.165) is 12.0 Å². The van der Waals surface area contributed by atoms with E-state index in [1.165, 1.54) is 0 Å². The van der Waals surface area contributed by atoms with Crippen LogP contribution in [0.1, 0.15) is 36.3 Å². The Hall–Kier alpha value is -2.14. The number of anilines is 2. The second kappa shape index (κ2) is 7.22. The van der Waals surface area contributed by atoms with Crippen molar-refractivity contribution in [3.63, 3.8) is 0 Å². The molecule has 1 heterocycles. The summed E-state index contributed by atoms with van der Waals surface area (Å²) in [5.41, 5.74) is 1.92. The molecule has 0 aliphatic carbocycles. The molecule has 1 amide bonds. The Labute approximate surface area is 135 Å². The van der Waals surface area contributed by atoms with Crippen molar-refractivity contribution in [1.29, 1.82) is 0 Å². The summed E-state index contributed by atoms with van der Waals surface area (Å²) in [6.45, 7) is 5.99. The predicted molar refractivity (Wildman–Crippen MR) is 89.5 cm³/mol. The minimum absolute atomic E-state index is 0.247. The molecule has 5 nitrogen and oxygen atoms in total. The van der Waals surface area contributed by atoms with Crippen LogP contribution in [-0.4, -0.2) is 21.9 Å². The second-order valence-electron chi connectivity index (χ2n) is 5.13. The molecule has 2 aromatic rings. The Balaban J connectivity index is 2.14. The molecule has 116 valence electrons. The zero-order chi connectivity index (χ0) is 16.1. The van der Waals surface area contributed by atoms with Gasteiger partial charge in [0.05, 0.1) is 0 Å². The number of rotatable bonds is 5. The van der Waals surface area contributed by atoms with Crippen molar-refractivity contribution in [2.75, 3.05) is 10.6 Å². The van der Waals surface area contributed by atoms with E-state index in [-0.39, 0.29) is 11.9 Å². The maximum atomic E-state index is 12.3. The molecular weight excluding hydrogens is 300 g/mol. The highest BCUT2D eigenvalue weighted by molar-refractivity contribution is 6.30. The predicted octanol–water partition coefficient (Wildman–Crippen LogP) is 3.90. The Morgan fingerprint density at radius 3 is 2.82 bits per heavy atom. The molecule has 0 fully saturated rings. The van der Waals surface area contributed by atoms with E-state index in [4.69, 9.17) is 11.6 Å². The number of hydrogen-bond acceptors (Lipinski definition) is 4. The Morgan fingerprint density at radius 2 is 2.14 bits per heavy atom. The smallest absolute Gasteiger partial charge is 0.274 e. The van der Waals surface area contributed by atoms with Crippen LogP contribution in [0, 0.1) is 6.92 Å². The van der Waals surface area contributed by atoms with Crippen molar-refractivity contribution in [1.82, 2.24) is 9.97 Å². The van der Waals surface area contributed by atoms with Crippen molar-refractivity contribution in [2.45, 2.75) is 33.2 Å². The molecule has 0 spiro atoms. The average molecular weight is 319 g/mol. The van der Waals surface area contributed by atoms with E-state index >= 15 is 0 Å². The summed E-state index contributed by atoms with van der Waals surface area (Å²) in [6, 6.07) is 7.14. The van der Waals surface area contributed by atoms with Crippen LogP contribution < -0.4 is 10.6 Å². The molecule has 1 aromatic carbocycles. The van der Waals surface area contributed by atoms with E-state index < -0.39 is 0 Å². The van der Waals surface area contributed by atoms with Crippen LogP contribution in [-0.2, 0) is 0 Å². The van der Waals surface area contributed by atoms with Crippen LogP contribution in [0.4, 0.5) is 11.6 Å². The molecule has 0 aliphatic rings. The van der Waals surface area contributed by atoms with Crippen molar-refractivity contribution >= 4 is 29.1 Å². The average Bonchev–Trinajstić information content (AvgIpc) is 2.50. The van der Waals surface area contributed by atoms with Gasteiger partial charge in [0.25, 0.3) is 5.91 Å². The summed E-state index contributed by atoms with van der Waals surface area (Å²) in [7, 11) is 0. The molecule has 1 atom stereocenters. The third-order valence-corrected chi connectivity index (χ3v) is 3.55. The van der Waals surface area contributed by atoms with E-state index in [9.17, 15) is 4.79 Å². The topological polar surface area (TPSA) is 66.9 Å². The van der Waals surface area contributed by atoms with Gasteiger partial charge in [-0.1, -0.05) is 18.5 Å². The van der Waals surface area contributed by atoms with Gasteiger partial charge in [-0.25, -0.2) is 9.97 Å². The van der Waals surface area contributed by atoms with Crippen LogP contribution >= 0.6 is 11.6 Å². The van der Waals surface area contributed by atoms with Gasteiger partial charge in [0.2, 0.25) is 5.95 Å². The number of aryl methyl sites for hydroxylation is 1. The lowest BCUT2D eigenvalue weighted by Crippen LogP contribution is -2.19. The summed E-state index contributed by atoms with van der Waals surface area (Å²) >= 11 is 5.91. The lowest BCUT2D eigenvalue weighted by Gasteiger charge is -2.12. The first-order valence-corrected chi connectivity index (χ1v) is 7.54. The van der Waals surface area contributed by atoms with Crippen molar-refractivity contribution in [2.24, 2.45) is 0 Å². The van der Waals surface area contributed by atoms with Crippen molar-refractivity contribution in [3.8, 4) is 0 Å². The monoisotopic (exact) mass is 318 g/mol. The number of hydrogen-bond donors (Lipinski definition) is 2. The number of carbonyl (C=O) groups is 1. The van der Waals surface area contributed by atoms with E-state index in [1.54, 1.807) is 30.5 Å². The first-order valence-electron chi connectivity index (χ1n) is 7.16. The summed E-state index contributed by atoms with van der Waals surface area (Å²) in [4.78, 5) is 20.7. The molecule has 2 N–H and O–H groups in total. The summed E-state index contributed by atoms with van der Waals surface area (Å²) in [6.07, 6.45) is 2.52. The van der Waals surface area contributed by atoms with Crippen LogP contribution in [0.25, 0.3) is 0 Å². The van der Waals surface area contributed by atoms with Gasteiger partial charge in [-0.15, -0.1) is 0 Å². The summed E-state index contributed by atoms with van der Waals surface area (Å²) < 4.78 is 0. The van der Waals surface area contributed by atoms with Gasteiger partial charge >= 0.3 is 0 Å². The van der Waals surface area contributed by atoms with E-state index in [2.05, 4.69) is 27.5 Å². The van der Waals surface area contributed by atoms with Crippen LogP contribution in [0.3, 0.4) is 0 Å². The molecule has 1 aromatic heterocycles. The lowest BCUT2D eigenvalue weighted by molar-refractivity contribution is 0.102. The Bertz CT molecular complexity index is 675. The molecule has 22 heavy (non-hydrogen) atoms. The molecule has 6 heteroatoms. The fourth-order valence-electron chi connectivity index (χ4n) is 1.83. The number of aromatic nitrogens is 2. The number of nitrogens with zero attached hydrogens (tertiary/aromatic N) is 2. The van der Waals surface area contributed by atoms with Gasteiger partial charge < -0.3 is 10.6 Å². The van der Waals surface area contributed by atoms with E-state index in [0.29, 0.717) is 22.4 Å². The molecule has 0 bridgehead atoms. The van der Waals surface area contributed by atoms with Gasteiger partial charge in [-0.05, 0) is 50.1 Å². The van der Waals surface area contributed by atoms with Crippen LogP contribution in [0.15, 0.2) is 30.5 Å². The Kier molecular flexibility index (Phi) is 5.33. The van der Waals surface area contributed by atoms with Crippen LogP contribution in [0.2, 0.25) is 5.02 Å². The second-order valence-corrected chi connectivity index (χ2v) is 5.57. The number of amides is 1.